The van der Waals surface area contributed by atoms with Gasteiger partial charge in [0, 0.05) is 26.0 Å². The molecular weight excluding hydrogens is 422 g/mol. The fourth-order valence-electron chi connectivity index (χ4n) is 2.18. The van der Waals surface area contributed by atoms with Gasteiger partial charge < -0.3 is 5.32 Å². The second kappa shape index (κ2) is 7.94. The van der Waals surface area contributed by atoms with E-state index >= 15 is 0 Å². The number of amides is 1. The molecule has 1 heterocycles. The van der Waals surface area contributed by atoms with Crippen LogP contribution in [0.3, 0.4) is 0 Å². The molecule has 1 aromatic heterocycles. The van der Waals surface area contributed by atoms with Crippen LogP contribution in [0.2, 0.25) is 20.1 Å². The lowest BCUT2D eigenvalue weighted by Crippen LogP contribution is -2.14. The molecule has 3 nitrogen and oxygen atoms in total. The van der Waals surface area contributed by atoms with Crippen molar-refractivity contribution < 1.29 is 4.79 Å². The third kappa shape index (κ3) is 4.46. The standard InChI is InChI=1S/C17H10Cl4N2OS/c18-9-4-5-10(14(21)6-9)15-8-25-17(22-15)23-16(24)7-11-12(19)2-1-3-13(11)20/h1-6,8H,7H2,(H,22,23,24). The third-order valence-electron chi connectivity index (χ3n) is 3.36. The van der Waals surface area contributed by atoms with Crippen LogP contribution < -0.4 is 5.32 Å². The van der Waals surface area contributed by atoms with Crippen molar-refractivity contribution in [2.24, 2.45) is 0 Å². The van der Waals surface area contributed by atoms with E-state index in [0.29, 0.717) is 36.5 Å². The van der Waals surface area contributed by atoms with Crippen LogP contribution in [0, 0.1) is 0 Å². The highest BCUT2D eigenvalue weighted by atomic mass is 35.5. The van der Waals surface area contributed by atoms with Gasteiger partial charge in [-0.15, -0.1) is 11.3 Å². The summed E-state index contributed by atoms with van der Waals surface area (Å²) in [6.07, 6.45) is 0.0646. The Morgan fingerprint density at radius 3 is 2.44 bits per heavy atom. The number of anilines is 1. The fourth-order valence-corrected chi connectivity index (χ4v) is 3.94. The number of hydrogen-bond acceptors (Lipinski definition) is 3. The Morgan fingerprint density at radius 2 is 1.76 bits per heavy atom. The minimum atomic E-state index is -0.252. The Balaban J connectivity index is 1.74. The normalized spacial score (nSPS) is 10.7. The van der Waals surface area contributed by atoms with E-state index < -0.39 is 0 Å². The van der Waals surface area contributed by atoms with Crippen molar-refractivity contribution in [2.75, 3.05) is 5.32 Å². The van der Waals surface area contributed by atoms with Crippen molar-refractivity contribution in [1.82, 2.24) is 4.98 Å². The lowest BCUT2D eigenvalue weighted by Gasteiger charge is -2.06. The number of nitrogens with zero attached hydrogens (tertiary/aromatic N) is 1. The van der Waals surface area contributed by atoms with Crippen molar-refractivity contribution in [3.8, 4) is 11.3 Å². The average Bonchev–Trinajstić information content (AvgIpc) is 2.99. The van der Waals surface area contributed by atoms with Gasteiger partial charge in [-0.1, -0.05) is 52.5 Å². The van der Waals surface area contributed by atoms with E-state index in [4.69, 9.17) is 46.4 Å². The van der Waals surface area contributed by atoms with Gasteiger partial charge in [-0.3, -0.25) is 4.79 Å². The number of carbonyl (C=O) groups excluding carboxylic acids is 1. The molecule has 0 atom stereocenters. The SMILES string of the molecule is O=C(Cc1c(Cl)cccc1Cl)Nc1nc(-c2ccc(Cl)cc2Cl)cs1. The summed E-state index contributed by atoms with van der Waals surface area (Å²) in [5, 5.41) is 6.98. The van der Waals surface area contributed by atoms with Crippen molar-refractivity contribution >= 4 is 68.8 Å². The molecule has 3 aromatic rings. The Morgan fingerprint density at radius 1 is 1.04 bits per heavy atom. The second-order valence-electron chi connectivity index (χ2n) is 5.09. The molecule has 0 spiro atoms. The topological polar surface area (TPSA) is 42.0 Å². The summed E-state index contributed by atoms with van der Waals surface area (Å²) in [4.78, 5) is 16.6. The maximum Gasteiger partial charge on any atom is 0.230 e. The number of nitrogens with one attached hydrogen (secondary N) is 1. The van der Waals surface area contributed by atoms with Gasteiger partial charge in [0.05, 0.1) is 17.1 Å². The van der Waals surface area contributed by atoms with Crippen molar-refractivity contribution in [3.05, 3.63) is 67.4 Å². The van der Waals surface area contributed by atoms with Gasteiger partial charge in [0.2, 0.25) is 5.91 Å². The van der Waals surface area contributed by atoms with Crippen molar-refractivity contribution in [2.45, 2.75) is 6.42 Å². The number of aromatic nitrogens is 1. The zero-order valence-electron chi connectivity index (χ0n) is 12.5. The van der Waals surface area contributed by atoms with Crippen LogP contribution in [-0.4, -0.2) is 10.9 Å². The molecule has 0 saturated heterocycles. The van der Waals surface area contributed by atoms with Crippen LogP contribution in [0.15, 0.2) is 41.8 Å². The smallest absolute Gasteiger partial charge is 0.230 e. The molecule has 0 saturated carbocycles. The van der Waals surface area contributed by atoms with Crippen LogP contribution in [0.4, 0.5) is 5.13 Å². The van der Waals surface area contributed by atoms with Crippen molar-refractivity contribution in [3.63, 3.8) is 0 Å². The first kappa shape index (κ1) is 18.5. The van der Waals surface area contributed by atoms with E-state index in [2.05, 4.69) is 10.3 Å². The summed E-state index contributed by atoms with van der Waals surface area (Å²) in [6.45, 7) is 0. The number of halogens is 4. The first-order valence-corrected chi connectivity index (χ1v) is 9.47. The van der Waals surface area contributed by atoms with Gasteiger partial charge in [-0.25, -0.2) is 4.98 Å². The van der Waals surface area contributed by atoms with Crippen LogP contribution in [0.5, 0.6) is 0 Å². The van der Waals surface area contributed by atoms with Gasteiger partial charge in [0.1, 0.15) is 0 Å². The molecular formula is C17H10Cl4N2OS. The van der Waals surface area contributed by atoms with Gasteiger partial charge in [0.15, 0.2) is 5.13 Å². The number of carbonyl (C=O) groups is 1. The summed E-state index contributed by atoms with van der Waals surface area (Å²) < 4.78 is 0. The quantitative estimate of drug-likeness (QED) is 0.505. The summed E-state index contributed by atoms with van der Waals surface area (Å²) in [5.74, 6) is -0.252. The van der Waals surface area contributed by atoms with Gasteiger partial charge in [0.25, 0.3) is 0 Å². The predicted octanol–water partition coefficient (Wildman–Crippen LogP) is 6.60. The van der Waals surface area contributed by atoms with Crippen LogP contribution in [0.1, 0.15) is 5.56 Å². The van der Waals surface area contributed by atoms with Gasteiger partial charge in [-0.05, 0) is 35.9 Å². The molecule has 8 heteroatoms. The molecule has 0 aliphatic heterocycles. The lowest BCUT2D eigenvalue weighted by atomic mass is 10.1. The summed E-state index contributed by atoms with van der Waals surface area (Å²) >= 11 is 25.6. The Hall–Kier alpha value is -1.30. The highest BCUT2D eigenvalue weighted by Gasteiger charge is 2.14. The molecule has 128 valence electrons. The molecule has 0 fully saturated rings. The first-order valence-electron chi connectivity index (χ1n) is 7.07. The number of benzene rings is 2. The second-order valence-corrected chi connectivity index (χ2v) is 7.60. The molecule has 2 aromatic carbocycles. The van der Waals surface area contributed by atoms with Gasteiger partial charge >= 0.3 is 0 Å². The number of thiazole rings is 1. The predicted molar refractivity (Wildman–Crippen MR) is 106 cm³/mol. The minimum absolute atomic E-state index is 0.0646. The lowest BCUT2D eigenvalue weighted by molar-refractivity contribution is -0.115. The Kier molecular flexibility index (Phi) is 5.87. The third-order valence-corrected chi connectivity index (χ3v) is 5.37. The fraction of sp³-hybridized carbons (Fsp3) is 0.0588. The zero-order chi connectivity index (χ0) is 18.0. The Labute approximate surface area is 168 Å². The Bertz CT molecular complexity index is 922. The zero-order valence-corrected chi connectivity index (χ0v) is 16.4. The summed E-state index contributed by atoms with van der Waals surface area (Å²) in [5.41, 5.74) is 2.00. The molecule has 3 rings (SSSR count). The first-order chi connectivity index (χ1) is 11.9. The van der Waals surface area contributed by atoms with E-state index in [1.165, 1.54) is 11.3 Å². The maximum atomic E-state index is 12.2. The largest absolute Gasteiger partial charge is 0.302 e. The number of hydrogen-bond donors (Lipinski definition) is 1. The van der Waals surface area contributed by atoms with E-state index in [0.717, 1.165) is 5.56 Å². The van der Waals surface area contributed by atoms with Crippen LogP contribution in [-0.2, 0) is 11.2 Å². The molecule has 0 radical (unpaired) electrons. The number of rotatable bonds is 4. The monoisotopic (exact) mass is 430 g/mol. The molecule has 25 heavy (non-hydrogen) atoms. The maximum absolute atomic E-state index is 12.2. The van der Waals surface area contributed by atoms with Crippen LogP contribution in [0.25, 0.3) is 11.3 Å². The minimum Gasteiger partial charge on any atom is -0.302 e. The average molecular weight is 432 g/mol. The highest BCUT2D eigenvalue weighted by molar-refractivity contribution is 7.14. The molecule has 1 amide bonds. The van der Waals surface area contributed by atoms with E-state index in [1.807, 2.05) is 5.38 Å². The summed E-state index contributed by atoms with van der Waals surface area (Å²) in [7, 11) is 0. The van der Waals surface area contributed by atoms with E-state index in [-0.39, 0.29) is 12.3 Å². The van der Waals surface area contributed by atoms with E-state index in [9.17, 15) is 4.79 Å². The highest BCUT2D eigenvalue weighted by Crippen LogP contribution is 2.32. The van der Waals surface area contributed by atoms with Crippen LogP contribution >= 0.6 is 57.7 Å². The molecule has 0 bridgehead atoms. The molecule has 0 aliphatic rings. The van der Waals surface area contributed by atoms with Gasteiger partial charge in [-0.2, -0.15) is 0 Å². The molecule has 1 N–H and O–H groups in total. The molecule has 0 aliphatic carbocycles. The summed E-state index contributed by atoms with van der Waals surface area (Å²) in [6, 6.07) is 10.3. The van der Waals surface area contributed by atoms with Crippen molar-refractivity contribution in [1.29, 1.82) is 0 Å². The van der Waals surface area contributed by atoms with E-state index in [1.54, 1.807) is 36.4 Å². The molecule has 0 unspecified atom stereocenters.